The number of anilines is 3. The first-order valence-electron chi connectivity index (χ1n) is 9.81. The molecule has 0 aromatic carbocycles. The molecule has 1 N–H and O–H groups in total. The van der Waals surface area contributed by atoms with E-state index in [-0.39, 0.29) is 37.2 Å². The number of ether oxygens (including phenoxy) is 1. The van der Waals surface area contributed by atoms with Crippen LogP contribution in [0.2, 0.25) is 0 Å². The van der Waals surface area contributed by atoms with Gasteiger partial charge < -0.3 is 15.0 Å². The third kappa shape index (κ3) is 6.59. The van der Waals surface area contributed by atoms with Gasteiger partial charge in [-0.2, -0.15) is 0 Å². The molecule has 3 aromatic heterocycles. The highest BCUT2D eigenvalue weighted by molar-refractivity contribution is 7.13. The van der Waals surface area contributed by atoms with Crippen molar-refractivity contribution in [3.05, 3.63) is 42.0 Å². The molecule has 4 heterocycles. The third-order valence-corrected chi connectivity index (χ3v) is 5.93. The van der Waals surface area contributed by atoms with Gasteiger partial charge in [0.1, 0.15) is 16.5 Å². The zero-order valence-electron chi connectivity index (χ0n) is 18.2. The van der Waals surface area contributed by atoms with Gasteiger partial charge in [0.05, 0.1) is 19.0 Å². The van der Waals surface area contributed by atoms with Crippen LogP contribution in [-0.4, -0.2) is 59.2 Å². The first kappa shape index (κ1) is 28.2. The van der Waals surface area contributed by atoms with Crippen LogP contribution in [0.5, 0.6) is 5.75 Å². The number of nitrogens with zero attached hydrogens (tertiary/aromatic N) is 5. The van der Waals surface area contributed by atoms with Gasteiger partial charge in [-0.3, -0.25) is 4.90 Å². The highest BCUT2D eigenvalue weighted by atomic mass is 35.5. The Morgan fingerprint density at radius 2 is 1.75 bits per heavy atom. The Morgan fingerprint density at radius 1 is 1.00 bits per heavy atom. The van der Waals surface area contributed by atoms with Crippen molar-refractivity contribution < 1.29 is 4.74 Å². The zero-order chi connectivity index (χ0) is 20.2. The molecule has 1 aliphatic rings. The summed E-state index contributed by atoms with van der Waals surface area (Å²) >= 11 is 1.56. The maximum Gasteiger partial charge on any atom is 0.175 e. The molecule has 0 bridgehead atoms. The van der Waals surface area contributed by atoms with Crippen molar-refractivity contribution in [2.45, 2.75) is 19.9 Å². The van der Waals surface area contributed by atoms with E-state index in [9.17, 15) is 0 Å². The van der Waals surface area contributed by atoms with E-state index in [2.05, 4.69) is 50.0 Å². The molecule has 0 saturated carbocycles. The average molecular weight is 520 g/mol. The SMILES string of the molecule is COc1ccc(-c2nccs2)nc1Nc1ccc(N2CCN(C(C)C)CC2)cn1.Cl.Cl.Cl. The Kier molecular flexibility index (Phi) is 11.5. The van der Waals surface area contributed by atoms with Gasteiger partial charge in [-0.1, -0.05) is 0 Å². The molecule has 0 aliphatic carbocycles. The lowest BCUT2D eigenvalue weighted by atomic mass is 10.2. The number of methoxy groups -OCH3 is 1. The molecule has 0 radical (unpaired) electrons. The molecule has 11 heteroatoms. The molecule has 0 amide bonds. The topological polar surface area (TPSA) is 66.4 Å². The fourth-order valence-corrected chi connectivity index (χ4v) is 4.04. The lowest BCUT2D eigenvalue weighted by molar-refractivity contribution is 0.209. The van der Waals surface area contributed by atoms with E-state index in [4.69, 9.17) is 4.74 Å². The third-order valence-electron chi connectivity index (χ3n) is 5.13. The lowest BCUT2D eigenvalue weighted by Gasteiger charge is -2.38. The summed E-state index contributed by atoms with van der Waals surface area (Å²) in [6.45, 7) is 8.73. The normalized spacial score (nSPS) is 13.6. The van der Waals surface area contributed by atoms with Gasteiger partial charge in [0, 0.05) is 43.8 Å². The summed E-state index contributed by atoms with van der Waals surface area (Å²) in [4.78, 5) is 18.5. The molecule has 32 heavy (non-hydrogen) atoms. The van der Waals surface area contributed by atoms with E-state index in [0.29, 0.717) is 17.6 Å². The van der Waals surface area contributed by atoms with Crippen LogP contribution in [0.4, 0.5) is 17.3 Å². The maximum absolute atomic E-state index is 5.46. The van der Waals surface area contributed by atoms with Gasteiger partial charge in [0.2, 0.25) is 0 Å². The molecule has 0 spiro atoms. The summed E-state index contributed by atoms with van der Waals surface area (Å²) in [5.74, 6) is 2.03. The van der Waals surface area contributed by atoms with Crippen LogP contribution < -0.4 is 15.0 Å². The Bertz CT molecular complexity index is 935. The summed E-state index contributed by atoms with van der Waals surface area (Å²) in [6, 6.07) is 8.51. The number of rotatable bonds is 6. The second kappa shape index (κ2) is 13.0. The predicted octanol–water partition coefficient (Wildman–Crippen LogP) is 5.15. The van der Waals surface area contributed by atoms with Crippen LogP contribution in [-0.2, 0) is 0 Å². The van der Waals surface area contributed by atoms with Gasteiger partial charge in [0.25, 0.3) is 0 Å². The number of piperazine rings is 1. The van der Waals surface area contributed by atoms with Crippen LogP contribution in [0.1, 0.15) is 13.8 Å². The van der Waals surface area contributed by atoms with Crippen molar-refractivity contribution in [3.63, 3.8) is 0 Å². The van der Waals surface area contributed by atoms with Crippen molar-refractivity contribution in [2.24, 2.45) is 0 Å². The molecule has 0 unspecified atom stereocenters. The van der Waals surface area contributed by atoms with Gasteiger partial charge in [-0.25, -0.2) is 15.0 Å². The summed E-state index contributed by atoms with van der Waals surface area (Å²) in [5.41, 5.74) is 1.96. The molecule has 4 rings (SSSR count). The molecular weight excluding hydrogens is 491 g/mol. The van der Waals surface area contributed by atoms with E-state index in [0.717, 1.165) is 48.4 Å². The van der Waals surface area contributed by atoms with Crippen molar-refractivity contribution >= 4 is 65.9 Å². The first-order valence-corrected chi connectivity index (χ1v) is 10.7. The minimum Gasteiger partial charge on any atom is -0.493 e. The summed E-state index contributed by atoms with van der Waals surface area (Å²) in [5, 5.41) is 6.10. The summed E-state index contributed by atoms with van der Waals surface area (Å²) in [7, 11) is 1.64. The second-order valence-electron chi connectivity index (χ2n) is 7.23. The average Bonchev–Trinajstić information content (AvgIpc) is 3.29. The van der Waals surface area contributed by atoms with Crippen LogP contribution in [0, 0.1) is 0 Å². The quantitative estimate of drug-likeness (QED) is 0.483. The van der Waals surface area contributed by atoms with Crippen LogP contribution in [0.15, 0.2) is 42.0 Å². The van der Waals surface area contributed by atoms with E-state index >= 15 is 0 Å². The van der Waals surface area contributed by atoms with Crippen LogP contribution in [0.3, 0.4) is 0 Å². The van der Waals surface area contributed by atoms with E-state index < -0.39 is 0 Å². The van der Waals surface area contributed by atoms with Gasteiger partial charge in [-0.05, 0) is 38.1 Å². The standard InChI is InChI=1S/C21H26N6OS.3ClH/c1-15(2)26-9-11-27(12-10-26)16-4-7-19(23-14-16)25-20-18(28-3)6-5-17(24-20)21-22-8-13-29-21;;;/h4-8,13-15H,9-12H2,1-3H3,(H,23,24,25);3*1H. The van der Waals surface area contributed by atoms with E-state index in [1.54, 1.807) is 24.6 Å². The first-order chi connectivity index (χ1) is 14.1. The zero-order valence-corrected chi connectivity index (χ0v) is 21.5. The highest BCUT2D eigenvalue weighted by Crippen LogP contribution is 2.30. The van der Waals surface area contributed by atoms with E-state index in [1.165, 1.54) is 0 Å². The molecule has 3 aromatic rings. The molecule has 1 fully saturated rings. The smallest absolute Gasteiger partial charge is 0.175 e. The number of hydrogen-bond donors (Lipinski definition) is 1. The minimum absolute atomic E-state index is 0. The molecule has 1 saturated heterocycles. The summed E-state index contributed by atoms with van der Waals surface area (Å²) in [6.07, 6.45) is 3.70. The number of pyridine rings is 2. The molecule has 176 valence electrons. The lowest BCUT2D eigenvalue weighted by Crippen LogP contribution is -2.48. The Hall–Kier alpha value is -1.84. The van der Waals surface area contributed by atoms with Crippen molar-refractivity contribution in [3.8, 4) is 16.5 Å². The number of aromatic nitrogens is 3. The largest absolute Gasteiger partial charge is 0.493 e. The molecule has 7 nitrogen and oxygen atoms in total. The summed E-state index contributed by atoms with van der Waals surface area (Å²) < 4.78 is 5.46. The highest BCUT2D eigenvalue weighted by Gasteiger charge is 2.19. The fourth-order valence-electron chi connectivity index (χ4n) is 3.43. The molecule has 1 aliphatic heterocycles. The maximum atomic E-state index is 5.46. The van der Waals surface area contributed by atoms with Gasteiger partial charge in [0.15, 0.2) is 11.6 Å². The number of thiazole rings is 1. The van der Waals surface area contributed by atoms with Gasteiger partial charge in [-0.15, -0.1) is 48.6 Å². The molecular formula is C21H29Cl3N6OS. The van der Waals surface area contributed by atoms with Crippen LogP contribution >= 0.6 is 48.6 Å². The second-order valence-corrected chi connectivity index (χ2v) is 8.12. The molecule has 0 atom stereocenters. The number of halogens is 3. The Labute approximate surface area is 211 Å². The van der Waals surface area contributed by atoms with E-state index in [1.807, 2.05) is 29.8 Å². The number of nitrogens with one attached hydrogen (secondary N) is 1. The van der Waals surface area contributed by atoms with Crippen molar-refractivity contribution in [1.29, 1.82) is 0 Å². The Balaban J connectivity index is 0.00000171. The monoisotopic (exact) mass is 518 g/mol. The van der Waals surface area contributed by atoms with Crippen molar-refractivity contribution in [2.75, 3.05) is 43.5 Å². The van der Waals surface area contributed by atoms with Crippen LogP contribution in [0.25, 0.3) is 10.7 Å². The fraction of sp³-hybridized carbons (Fsp3) is 0.381. The Morgan fingerprint density at radius 3 is 2.31 bits per heavy atom. The number of hydrogen-bond acceptors (Lipinski definition) is 8. The van der Waals surface area contributed by atoms with Gasteiger partial charge >= 0.3 is 0 Å². The van der Waals surface area contributed by atoms with Crippen molar-refractivity contribution in [1.82, 2.24) is 19.9 Å². The minimum atomic E-state index is 0. The predicted molar refractivity (Wildman–Crippen MR) is 140 cm³/mol.